The van der Waals surface area contributed by atoms with Crippen LogP contribution in [0.2, 0.25) is 0 Å². The summed E-state index contributed by atoms with van der Waals surface area (Å²) in [6.07, 6.45) is 3.17. The Balaban J connectivity index is 3.15. The van der Waals surface area contributed by atoms with Gasteiger partial charge in [-0.15, -0.1) is 9.78 Å². The van der Waals surface area contributed by atoms with Crippen LogP contribution in [0.3, 0.4) is 0 Å². The van der Waals surface area contributed by atoms with E-state index in [4.69, 9.17) is 0 Å². The summed E-state index contributed by atoms with van der Waals surface area (Å²) in [5.41, 5.74) is 0. The highest BCUT2D eigenvalue weighted by Crippen LogP contribution is 1.89. The molecule has 1 heterocycles. The summed E-state index contributed by atoms with van der Waals surface area (Å²) in [5, 5.41) is 3.87. The zero-order valence-corrected chi connectivity index (χ0v) is 5.15. The van der Waals surface area contributed by atoms with Crippen molar-refractivity contribution in [1.29, 1.82) is 0 Å². The van der Waals surface area contributed by atoms with E-state index >= 15 is 0 Å². The van der Waals surface area contributed by atoms with Gasteiger partial charge in [-0.3, -0.25) is 0 Å². The number of hydrogen-bond acceptors (Lipinski definition) is 3. The van der Waals surface area contributed by atoms with Crippen molar-refractivity contribution in [2.24, 2.45) is 12.0 Å². The molecule has 0 saturated carbocycles. The predicted molar refractivity (Wildman–Crippen MR) is 32.4 cm³/mol. The SMILES string of the molecule is C=Nc1nccn[n+]1C. The van der Waals surface area contributed by atoms with Crippen molar-refractivity contribution in [3.63, 3.8) is 0 Å². The summed E-state index contributed by atoms with van der Waals surface area (Å²) < 4.78 is 1.55. The summed E-state index contributed by atoms with van der Waals surface area (Å²) in [6.45, 7) is 3.32. The molecule has 46 valence electrons. The second-order valence-electron chi connectivity index (χ2n) is 1.52. The van der Waals surface area contributed by atoms with Crippen LogP contribution >= 0.6 is 0 Å². The lowest BCUT2D eigenvalue weighted by molar-refractivity contribution is -0.720. The molecule has 0 aliphatic heterocycles. The number of hydrogen-bond donors (Lipinski definition) is 0. The molecule has 4 heteroatoms. The normalized spacial score (nSPS) is 9.00. The summed E-state index contributed by atoms with van der Waals surface area (Å²) in [6, 6.07) is 0. The van der Waals surface area contributed by atoms with E-state index in [1.54, 1.807) is 24.1 Å². The first kappa shape index (κ1) is 5.81. The molecule has 0 spiro atoms. The quantitative estimate of drug-likeness (QED) is 0.378. The highest BCUT2D eigenvalue weighted by molar-refractivity contribution is 5.31. The Hall–Kier alpha value is -1.32. The Morgan fingerprint density at radius 3 is 2.89 bits per heavy atom. The van der Waals surface area contributed by atoms with Crippen LogP contribution in [0.4, 0.5) is 5.95 Å². The molecule has 0 fully saturated rings. The van der Waals surface area contributed by atoms with Gasteiger partial charge in [0.25, 0.3) is 0 Å². The molecule has 0 unspecified atom stereocenters. The van der Waals surface area contributed by atoms with Gasteiger partial charge in [-0.1, -0.05) is 9.98 Å². The van der Waals surface area contributed by atoms with Crippen LogP contribution in [0.15, 0.2) is 17.4 Å². The fraction of sp³-hybridized carbons (Fsp3) is 0.200. The molecule has 4 nitrogen and oxygen atoms in total. The Kier molecular flexibility index (Phi) is 1.48. The molecule has 1 aromatic rings. The van der Waals surface area contributed by atoms with Crippen LogP contribution in [0.1, 0.15) is 0 Å². The highest BCUT2D eigenvalue weighted by Gasteiger charge is 2.01. The molecule has 0 N–H and O–H groups in total. The molecular formula is C5H7N4+. The van der Waals surface area contributed by atoms with Crippen LogP contribution in [0.25, 0.3) is 0 Å². The first-order valence-corrected chi connectivity index (χ1v) is 2.48. The Morgan fingerprint density at radius 2 is 2.44 bits per heavy atom. The topological polar surface area (TPSA) is 42.0 Å². The van der Waals surface area contributed by atoms with Gasteiger partial charge in [0.1, 0.15) is 6.20 Å². The molecule has 0 aliphatic carbocycles. The fourth-order valence-electron chi connectivity index (χ4n) is 0.508. The number of rotatable bonds is 1. The summed E-state index contributed by atoms with van der Waals surface area (Å²) in [4.78, 5) is 7.48. The molecule has 0 radical (unpaired) electrons. The molecule has 1 rings (SSSR count). The molecule has 0 aromatic carbocycles. The van der Waals surface area contributed by atoms with E-state index < -0.39 is 0 Å². The second kappa shape index (κ2) is 2.30. The van der Waals surface area contributed by atoms with Crippen molar-refractivity contribution in [2.75, 3.05) is 0 Å². The minimum atomic E-state index is 0.525. The number of nitrogens with zero attached hydrogens (tertiary/aromatic N) is 4. The first-order valence-electron chi connectivity index (χ1n) is 2.48. The lowest BCUT2D eigenvalue weighted by Gasteiger charge is -1.85. The van der Waals surface area contributed by atoms with E-state index in [1.165, 1.54) is 0 Å². The van der Waals surface area contributed by atoms with Gasteiger partial charge in [0.05, 0.1) is 20.0 Å². The Bertz CT molecular complexity index is 220. The smallest absolute Gasteiger partial charge is 0.140 e. The summed E-state index contributed by atoms with van der Waals surface area (Å²) >= 11 is 0. The third kappa shape index (κ3) is 1.07. The minimum Gasteiger partial charge on any atom is -0.140 e. The maximum atomic E-state index is 3.87. The molecule has 9 heavy (non-hydrogen) atoms. The molecule has 0 aliphatic rings. The minimum absolute atomic E-state index is 0.525. The number of aromatic nitrogens is 3. The maximum absolute atomic E-state index is 3.87. The zero-order valence-electron chi connectivity index (χ0n) is 5.15. The van der Waals surface area contributed by atoms with E-state index in [2.05, 4.69) is 21.8 Å². The average molecular weight is 123 g/mol. The van der Waals surface area contributed by atoms with E-state index in [-0.39, 0.29) is 0 Å². The van der Waals surface area contributed by atoms with Gasteiger partial charge in [-0.25, -0.2) is 0 Å². The van der Waals surface area contributed by atoms with E-state index in [1.807, 2.05) is 0 Å². The van der Waals surface area contributed by atoms with Crippen molar-refractivity contribution in [2.45, 2.75) is 0 Å². The van der Waals surface area contributed by atoms with Gasteiger partial charge < -0.3 is 0 Å². The zero-order chi connectivity index (χ0) is 6.69. The van der Waals surface area contributed by atoms with Crippen molar-refractivity contribution in [3.05, 3.63) is 12.4 Å². The maximum Gasteiger partial charge on any atom is 0.451 e. The van der Waals surface area contributed by atoms with E-state index in [0.717, 1.165) is 0 Å². The van der Waals surface area contributed by atoms with Crippen LogP contribution in [0, 0.1) is 0 Å². The molecular weight excluding hydrogens is 116 g/mol. The fourth-order valence-corrected chi connectivity index (χ4v) is 0.508. The summed E-state index contributed by atoms with van der Waals surface area (Å²) in [7, 11) is 1.76. The third-order valence-electron chi connectivity index (χ3n) is 0.927. The van der Waals surface area contributed by atoms with Crippen LogP contribution in [0.5, 0.6) is 0 Å². The van der Waals surface area contributed by atoms with Gasteiger partial charge in [0.2, 0.25) is 0 Å². The van der Waals surface area contributed by atoms with Crippen molar-refractivity contribution in [1.82, 2.24) is 10.1 Å². The molecule has 1 aromatic heterocycles. The van der Waals surface area contributed by atoms with Crippen LogP contribution in [-0.4, -0.2) is 16.8 Å². The van der Waals surface area contributed by atoms with Crippen molar-refractivity contribution in [3.8, 4) is 0 Å². The highest BCUT2D eigenvalue weighted by atomic mass is 15.3. The molecule has 0 amide bonds. The van der Waals surface area contributed by atoms with Crippen molar-refractivity contribution >= 4 is 12.7 Å². The van der Waals surface area contributed by atoms with Gasteiger partial charge in [0.15, 0.2) is 0 Å². The lowest BCUT2D eigenvalue weighted by atomic mass is 10.8. The molecule has 0 bridgehead atoms. The number of aliphatic imine (C=N–C) groups is 1. The number of aryl methyl sites for hydroxylation is 1. The second-order valence-corrected chi connectivity index (χ2v) is 1.52. The van der Waals surface area contributed by atoms with Gasteiger partial charge in [-0.05, 0) is 0 Å². The monoisotopic (exact) mass is 123 g/mol. The first-order chi connectivity index (χ1) is 4.34. The van der Waals surface area contributed by atoms with E-state index in [9.17, 15) is 0 Å². The molecule has 0 saturated heterocycles. The van der Waals surface area contributed by atoms with Crippen molar-refractivity contribution < 1.29 is 4.68 Å². The summed E-state index contributed by atoms with van der Waals surface area (Å²) in [5.74, 6) is 0.525. The largest absolute Gasteiger partial charge is 0.451 e. The predicted octanol–water partition coefficient (Wildman–Crippen LogP) is -0.367. The standard InChI is InChI=1S/C5H7N4/c1-6-5-7-3-4-8-9(5)2/h3-4H,1H2,2H3/q+1. The van der Waals surface area contributed by atoms with E-state index in [0.29, 0.717) is 5.95 Å². The Morgan fingerprint density at radius 1 is 1.67 bits per heavy atom. The van der Waals surface area contributed by atoms with Gasteiger partial charge in [0, 0.05) is 0 Å². The third-order valence-corrected chi connectivity index (χ3v) is 0.927. The lowest BCUT2D eigenvalue weighted by Crippen LogP contribution is -2.33. The van der Waals surface area contributed by atoms with Crippen LogP contribution in [-0.2, 0) is 7.05 Å². The average Bonchev–Trinajstić information content (AvgIpc) is 1.89. The molecule has 0 atom stereocenters. The van der Waals surface area contributed by atoms with Gasteiger partial charge >= 0.3 is 5.95 Å². The van der Waals surface area contributed by atoms with Crippen LogP contribution < -0.4 is 4.68 Å². The van der Waals surface area contributed by atoms with Gasteiger partial charge in [-0.2, -0.15) is 0 Å². The Labute approximate surface area is 52.9 Å².